The van der Waals surface area contributed by atoms with E-state index in [0.717, 1.165) is 11.0 Å². The van der Waals surface area contributed by atoms with Gasteiger partial charge in [-0.25, -0.2) is 0 Å². The molecule has 1 rings (SSSR count). The topological polar surface area (TPSA) is 40.5 Å². The van der Waals surface area contributed by atoms with Crippen LogP contribution in [-0.2, 0) is 11.3 Å². The van der Waals surface area contributed by atoms with Gasteiger partial charge in [0.2, 0.25) is 0 Å². The molecule has 0 saturated carbocycles. The molecule has 94 valence electrons. The lowest BCUT2D eigenvalue weighted by atomic mass is 10.1. The second-order valence-electron chi connectivity index (χ2n) is 4.23. The number of benzene rings is 1. The molecule has 17 heavy (non-hydrogen) atoms. The van der Waals surface area contributed by atoms with E-state index in [0.29, 0.717) is 13.0 Å². The molecule has 0 radical (unpaired) electrons. The Bertz CT molecular complexity index is 381. The maximum absolute atomic E-state index is 10.9. The summed E-state index contributed by atoms with van der Waals surface area (Å²) in [6, 6.07) is 8.00. The lowest BCUT2D eigenvalue weighted by Crippen LogP contribution is -2.29. The van der Waals surface area contributed by atoms with Gasteiger partial charge < -0.3 is 10.0 Å². The van der Waals surface area contributed by atoms with Gasteiger partial charge in [-0.2, -0.15) is 0 Å². The van der Waals surface area contributed by atoms with Gasteiger partial charge in [0.1, 0.15) is 0 Å². The Morgan fingerprint density at radius 3 is 2.65 bits per heavy atom. The van der Waals surface area contributed by atoms with E-state index >= 15 is 0 Å². The second-order valence-corrected chi connectivity index (χ2v) is 5.09. The number of carbonyl (C=O) groups is 1. The Kier molecular flexibility index (Phi) is 5.65. The highest BCUT2D eigenvalue weighted by Crippen LogP contribution is 2.18. The Morgan fingerprint density at radius 1 is 1.47 bits per heavy atom. The quantitative estimate of drug-likeness (QED) is 0.878. The minimum absolute atomic E-state index is 0.289. The van der Waals surface area contributed by atoms with Crippen molar-refractivity contribution in [2.45, 2.75) is 19.9 Å². The van der Waals surface area contributed by atoms with E-state index in [2.05, 4.69) is 15.9 Å². The third-order valence-electron chi connectivity index (χ3n) is 2.77. The van der Waals surface area contributed by atoms with E-state index in [1.165, 1.54) is 5.56 Å². The number of hydrogen-bond acceptors (Lipinski definition) is 2. The van der Waals surface area contributed by atoms with Gasteiger partial charge in [-0.1, -0.05) is 41.1 Å². The molecular formula is C13H18BrNO2. The SMILES string of the molecule is CCC(CN(C)Cc1ccccc1Br)C(=O)O. The molecule has 1 aromatic carbocycles. The first kappa shape index (κ1) is 14.2. The van der Waals surface area contributed by atoms with Crippen molar-refractivity contribution in [3.05, 3.63) is 34.3 Å². The summed E-state index contributed by atoms with van der Waals surface area (Å²) in [4.78, 5) is 13.0. The standard InChI is InChI=1S/C13H18BrNO2/c1-3-10(13(16)17)8-15(2)9-11-6-4-5-7-12(11)14/h4-7,10H,3,8-9H2,1-2H3,(H,16,17). The minimum atomic E-state index is -0.716. The van der Waals surface area contributed by atoms with E-state index in [1.807, 2.05) is 43.1 Å². The van der Waals surface area contributed by atoms with Crippen molar-refractivity contribution < 1.29 is 9.90 Å². The molecule has 3 nitrogen and oxygen atoms in total. The highest BCUT2D eigenvalue weighted by atomic mass is 79.9. The number of rotatable bonds is 6. The fourth-order valence-corrected chi connectivity index (χ4v) is 2.15. The molecule has 0 spiro atoms. The summed E-state index contributed by atoms with van der Waals surface area (Å²) in [7, 11) is 1.95. The fraction of sp³-hybridized carbons (Fsp3) is 0.462. The van der Waals surface area contributed by atoms with E-state index < -0.39 is 5.97 Å². The summed E-state index contributed by atoms with van der Waals surface area (Å²) in [5.74, 6) is -1.01. The zero-order chi connectivity index (χ0) is 12.8. The molecule has 1 atom stereocenters. The molecule has 0 aliphatic carbocycles. The summed E-state index contributed by atoms with van der Waals surface area (Å²) in [5.41, 5.74) is 1.18. The van der Waals surface area contributed by atoms with Gasteiger partial charge in [-0.15, -0.1) is 0 Å². The van der Waals surface area contributed by atoms with Crippen LogP contribution in [0, 0.1) is 5.92 Å². The first-order chi connectivity index (χ1) is 8.04. The molecule has 0 aliphatic rings. The van der Waals surface area contributed by atoms with Crippen LogP contribution < -0.4 is 0 Å². The first-order valence-corrected chi connectivity index (χ1v) is 6.48. The Labute approximate surface area is 111 Å². The van der Waals surface area contributed by atoms with Crippen molar-refractivity contribution in [2.75, 3.05) is 13.6 Å². The van der Waals surface area contributed by atoms with Crippen molar-refractivity contribution in [1.82, 2.24) is 4.90 Å². The first-order valence-electron chi connectivity index (χ1n) is 5.69. The van der Waals surface area contributed by atoms with Gasteiger partial charge in [0.25, 0.3) is 0 Å². The smallest absolute Gasteiger partial charge is 0.307 e. The van der Waals surface area contributed by atoms with Gasteiger partial charge in [-0.3, -0.25) is 4.79 Å². The molecule has 0 heterocycles. The van der Waals surface area contributed by atoms with Crippen LogP contribution in [0.15, 0.2) is 28.7 Å². The van der Waals surface area contributed by atoms with Crippen molar-refractivity contribution in [3.63, 3.8) is 0 Å². The third kappa shape index (κ3) is 4.48. The second kappa shape index (κ2) is 6.77. The van der Waals surface area contributed by atoms with Crippen LogP contribution in [0.3, 0.4) is 0 Å². The number of carboxylic acids is 1. The summed E-state index contributed by atoms with van der Waals surface area (Å²) < 4.78 is 1.07. The van der Waals surface area contributed by atoms with Gasteiger partial charge in [0.15, 0.2) is 0 Å². The third-order valence-corrected chi connectivity index (χ3v) is 3.55. The maximum atomic E-state index is 10.9. The lowest BCUT2D eigenvalue weighted by molar-refractivity contribution is -0.142. The predicted molar refractivity (Wildman–Crippen MR) is 71.9 cm³/mol. The molecule has 0 bridgehead atoms. The molecule has 0 aromatic heterocycles. The summed E-state index contributed by atoms with van der Waals surface area (Å²) in [5, 5.41) is 9.01. The average Bonchev–Trinajstić information content (AvgIpc) is 2.28. The Morgan fingerprint density at radius 2 is 2.12 bits per heavy atom. The van der Waals surface area contributed by atoms with Gasteiger partial charge >= 0.3 is 5.97 Å². The van der Waals surface area contributed by atoms with Crippen molar-refractivity contribution in [1.29, 1.82) is 0 Å². The summed E-state index contributed by atoms with van der Waals surface area (Å²) in [6.45, 7) is 3.24. The van der Waals surface area contributed by atoms with Crippen LogP contribution in [0.2, 0.25) is 0 Å². The van der Waals surface area contributed by atoms with Crippen molar-refractivity contribution in [2.24, 2.45) is 5.92 Å². The molecular weight excluding hydrogens is 282 g/mol. The van der Waals surface area contributed by atoms with Crippen LogP contribution in [0.1, 0.15) is 18.9 Å². The molecule has 1 unspecified atom stereocenters. The zero-order valence-corrected chi connectivity index (χ0v) is 11.8. The van der Waals surface area contributed by atoms with Gasteiger partial charge in [-0.05, 0) is 25.1 Å². The predicted octanol–water partition coefficient (Wildman–Crippen LogP) is 2.99. The zero-order valence-electron chi connectivity index (χ0n) is 10.2. The molecule has 0 aliphatic heterocycles. The minimum Gasteiger partial charge on any atom is -0.481 e. The van der Waals surface area contributed by atoms with Crippen LogP contribution in [0.5, 0.6) is 0 Å². The number of halogens is 1. The van der Waals surface area contributed by atoms with Gasteiger partial charge in [0, 0.05) is 17.6 Å². The van der Waals surface area contributed by atoms with Crippen LogP contribution in [0.4, 0.5) is 0 Å². The molecule has 0 saturated heterocycles. The molecule has 1 N–H and O–H groups in total. The van der Waals surface area contributed by atoms with E-state index in [1.54, 1.807) is 0 Å². The number of nitrogens with zero attached hydrogens (tertiary/aromatic N) is 1. The Balaban J connectivity index is 2.58. The highest BCUT2D eigenvalue weighted by Gasteiger charge is 2.17. The summed E-state index contributed by atoms with van der Waals surface area (Å²) in [6.07, 6.45) is 0.662. The fourth-order valence-electron chi connectivity index (χ4n) is 1.74. The number of carboxylic acid groups (broad SMARTS) is 1. The summed E-state index contributed by atoms with van der Waals surface area (Å²) >= 11 is 3.49. The van der Waals surface area contributed by atoms with Crippen LogP contribution >= 0.6 is 15.9 Å². The molecule has 1 aromatic rings. The lowest BCUT2D eigenvalue weighted by Gasteiger charge is -2.21. The number of aliphatic carboxylic acids is 1. The Hall–Kier alpha value is -0.870. The maximum Gasteiger partial charge on any atom is 0.307 e. The molecule has 4 heteroatoms. The van der Waals surface area contributed by atoms with Crippen LogP contribution in [-0.4, -0.2) is 29.6 Å². The van der Waals surface area contributed by atoms with Crippen LogP contribution in [0.25, 0.3) is 0 Å². The molecule has 0 fully saturated rings. The molecule has 0 amide bonds. The highest BCUT2D eigenvalue weighted by molar-refractivity contribution is 9.10. The number of hydrogen-bond donors (Lipinski definition) is 1. The van der Waals surface area contributed by atoms with Crippen molar-refractivity contribution in [3.8, 4) is 0 Å². The largest absolute Gasteiger partial charge is 0.481 e. The van der Waals surface area contributed by atoms with Crippen molar-refractivity contribution >= 4 is 21.9 Å². The van der Waals surface area contributed by atoms with Gasteiger partial charge in [0.05, 0.1) is 5.92 Å². The monoisotopic (exact) mass is 299 g/mol. The van der Waals surface area contributed by atoms with E-state index in [9.17, 15) is 4.79 Å². The van der Waals surface area contributed by atoms with E-state index in [-0.39, 0.29) is 5.92 Å². The normalized spacial score (nSPS) is 12.7. The van der Waals surface area contributed by atoms with E-state index in [4.69, 9.17) is 5.11 Å². The average molecular weight is 300 g/mol.